The summed E-state index contributed by atoms with van der Waals surface area (Å²) < 4.78 is 5.18. The number of esters is 1. The Morgan fingerprint density at radius 3 is 2.67 bits per heavy atom. The third-order valence-corrected chi connectivity index (χ3v) is 5.59. The van der Waals surface area contributed by atoms with Gasteiger partial charge in [-0.1, -0.05) is 13.8 Å². The smallest absolute Gasteiger partial charge is 0.341 e. The Hall–Kier alpha value is -1.05. The first kappa shape index (κ1) is 19.3. The maximum absolute atomic E-state index is 12.3. The zero-order valence-electron chi connectivity index (χ0n) is 14.6. The van der Waals surface area contributed by atoms with Gasteiger partial charge in [0.25, 0.3) is 0 Å². The van der Waals surface area contributed by atoms with Gasteiger partial charge >= 0.3 is 5.97 Å². The molecule has 5 nitrogen and oxygen atoms in total. The van der Waals surface area contributed by atoms with Crippen molar-refractivity contribution in [1.29, 1.82) is 0 Å². The predicted molar refractivity (Wildman–Crippen MR) is 101 cm³/mol. The molecule has 1 N–H and O–H groups in total. The van der Waals surface area contributed by atoms with Crippen molar-refractivity contribution in [2.24, 2.45) is 5.92 Å². The van der Waals surface area contributed by atoms with E-state index in [2.05, 4.69) is 24.1 Å². The molecule has 0 unspecified atom stereocenters. The third kappa shape index (κ3) is 5.50. The Bertz CT molecular complexity index is 566. The van der Waals surface area contributed by atoms with Crippen LogP contribution < -0.4 is 5.32 Å². The molecule has 0 saturated carbocycles. The van der Waals surface area contributed by atoms with Crippen LogP contribution in [0, 0.1) is 5.92 Å². The summed E-state index contributed by atoms with van der Waals surface area (Å²) in [5.74, 6) is 2.16. The zero-order chi connectivity index (χ0) is 17.5. The van der Waals surface area contributed by atoms with Crippen LogP contribution in [0.15, 0.2) is 5.38 Å². The van der Waals surface area contributed by atoms with Crippen LogP contribution in [0.1, 0.15) is 36.7 Å². The van der Waals surface area contributed by atoms with Gasteiger partial charge in [-0.3, -0.25) is 9.69 Å². The average Bonchev–Trinajstić information content (AvgIpc) is 2.90. The lowest BCUT2D eigenvalue weighted by molar-refractivity contribution is -0.117. The van der Waals surface area contributed by atoms with Gasteiger partial charge < -0.3 is 10.1 Å². The number of ether oxygens (including phenoxy) is 1. The highest BCUT2D eigenvalue weighted by molar-refractivity contribution is 7.99. The first-order chi connectivity index (χ1) is 11.5. The maximum Gasteiger partial charge on any atom is 0.341 e. The standard InChI is InChI=1S/C17H26N2O3S2/c1-4-22-17(21)15-13(9-12(2)3)11-24-16(15)18-14(20)10-19-5-7-23-8-6-19/h11-12H,4-10H2,1-3H3,(H,18,20). The lowest BCUT2D eigenvalue weighted by Gasteiger charge is -2.25. The van der Waals surface area contributed by atoms with E-state index in [1.165, 1.54) is 11.3 Å². The summed E-state index contributed by atoms with van der Waals surface area (Å²) in [6, 6.07) is 0. The van der Waals surface area contributed by atoms with Crippen LogP contribution in [0.3, 0.4) is 0 Å². The fraction of sp³-hybridized carbons (Fsp3) is 0.647. The van der Waals surface area contributed by atoms with Crippen LogP contribution in [0.5, 0.6) is 0 Å². The monoisotopic (exact) mass is 370 g/mol. The van der Waals surface area contributed by atoms with Gasteiger partial charge in [-0.15, -0.1) is 11.3 Å². The van der Waals surface area contributed by atoms with Gasteiger partial charge in [0.2, 0.25) is 5.91 Å². The summed E-state index contributed by atoms with van der Waals surface area (Å²) in [4.78, 5) is 26.8. The lowest BCUT2D eigenvalue weighted by atomic mass is 10.0. The second-order valence-electron chi connectivity index (χ2n) is 6.22. The van der Waals surface area contributed by atoms with Crippen molar-refractivity contribution in [1.82, 2.24) is 4.90 Å². The van der Waals surface area contributed by atoms with E-state index in [9.17, 15) is 9.59 Å². The molecule has 24 heavy (non-hydrogen) atoms. The molecular formula is C17H26N2O3S2. The Morgan fingerprint density at radius 2 is 2.04 bits per heavy atom. The predicted octanol–water partition coefficient (Wildman–Crippen LogP) is 3.11. The lowest BCUT2D eigenvalue weighted by Crippen LogP contribution is -2.38. The molecule has 1 saturated heterocycles. The van der Waals surface area contributed by atoms with Gasteiger partial charge in [-0.05, 0) is 30.2 Å². The number of hydrogen-bond acceptors (Lipinski definition) is 6. The van der Waals surface area contributed by atoms with Crippen molar-refractivity contribution in [2.75, 3.05) is 43.1 Å². The molecule has 7 heteroatoms. The van der Waals surface area contributed by atoms with Crippen molar-refractivity contribution in [2.45, 2.75) is 27.2 Å². The number of carbonyl (C=O) groups excluding carboxylic acids is 2. The molecule has 0 atom stereocenters. The minimum absolute atomic E-state index is 0.0644. The van der Waals surface area contributed by atoms with E-state index in [0.29, 0.717) is 29.6 Å². The average molecular weight is 371 g/mol. The Kier molecular flexibility index (Phi) is 7.58. The van der Waals surface area contributed by atoms with Crippen LogP contribution >= 0.6 is 23.1 Å². The number of carbonyl (C=O) groups is 2. The number of thiophene rings is 1. The van der Waals surface area contributed by atoms with E-state index in [0.717, 1.165) is 36.6 Å². The Balaban J connectivity index is 2.08. The fourth-order valence-electron chi connectivity index (χ4n) is 2.63. The molecular weight excluding hydrogens is 344 g/mol. The normalized spacial score (nSPS) is 15.5. The van der Waals surface area contributed by atoms with Gasteiger partial charge in [-0.25, -0.2) is 4.79 Å². The number of thioether (sulfide) groups is 1. The summed E-state index contributed by atoms with van der Waals surface area (Å²) in [6.07, 6.45) is 0.796. The topological polar surface area (TPSA) is 58.6 Å². The Morgan fingerprint density at radius 1 is 1.33 bits per heavy atom. The number of hydrogen-bond donors (Lipinski definition) is 1. The number of nitrogens with zero attached hydrogens (tertiary/aromatic N) is 1. The number of rotatable bonds is 7. The van der Waals surface area contributed by atoms with E-state index in [1.54, 1.807) is 6.92 Å². The van der Waals surface area contributed by atoms with Gasteiger partial charge in [0.05, 0.1) is 18.7 Å². The highest BCUT2D eigenvalue weighted by atomic mass is 32.2. The molecule has 2 heterocycles. The molecule has 0 aliphatic carbocycles. The molecule has 1 fully saturated rings. The molecule has 1 aromatic rings. The van der Waals surface area contributed by atoms with E-state index < -0.39 is 0 Å². The maximum atomic E-state index is 12.3. The molecule has 1 amide bonds. The molecule has 1 aromatic heterocycles. The van der Waals surface area contributed by atoms with Crippen LogP contribution in [0.2, 0.25) is 0 Å². The van der Waals surface area contributed by atoms with Crippen molar-refractivity contribution in [3.05, 3.63) is 16.5 Å². The molecule has 134 valence electrons. The molecule has 0 aromatic carbocycles. The van der Waals surface area contributed by atoms with Gasteiger partial charge in [-0.2, -0.15) is 11.8 Å². The molecule has 2 rings (SSSR count). The molecule has 1 aliphatic heterocycles. The van der Waals surface area contributed by atoms with Gasteiger partial charge in [0.1, 0.15) is 5.00 Å². The van der Waals surface area contributed by atoms with Crippen molar-refractivity contribution in [3.8, 4) is 0 Å². The molecule has 1 aliphatic rings. The van der Waals surface area contributed by atoms with E-state index in [4.69, 9.17) is 4.74 Å². The Labute approximate surface area is 152 Å². The second-order valence-corrected chi connectivity index (χ2v) is 8.32. The van der Waals surface area contributed by atoms with Crippen LogP contribution in [0.4, 0.5) is 5.00 Å². The first-order valence-corrected chi connectivity index (χ1v) is 10.4. The van der Waals surface area contributed by atoms with Crippen LogP contribution in [0.25, 0.3) is 0 Å². The molecule has 0 spiro atoms. The molecule has 0 bridgehead atoms. The SMILES string of the molecule is CCOC(=O)c1c(CC(C)C)csc1NC(=O)CN1CCSCC1. The number of nitrogens with one attached hydrogen (secondary N) is 1. The van der Waals surface area contributed by atoms with E-state index in [1.807, 2.05) is 17.1 Å². The van der Waals surface area contributed by atoms with Gasteiger partial charge in [0.15, 0.2) is 0 Å². The summed E-state index contributed by atoms with van der Waals surface area (Å²) in [5.41, 5.74) is 1.48. The van der Waals surface area contributed by atoms with Crippen LogP contribution in [-0.2, 0) is 16.0 Å². The van der Waals surface area contributed by atoms with E-state index in [-0.39, 0.29) is 11.9 Å². The summed E-state index contributed by atoms with van der Waals surface area (Å²) >= 11 is 3.33. The highest BCUT2D eigenvalue weighted by Gasteiger charge is 2.23. The minimum atomic E-state index is -0.348. The summed E-state index contributed by atoms with van der Waals surface area (Å²) in [7, 11) is 0. The van der Waals surface area contributed by atoms with Crippen molar-refractivity contribution < 1.29 is 14.3 Å². The van der Waals surface area contributed by atoms with Crippen LogP contribution in [-0.4, -0.2) is 54.5 Å². The fourth-order valence-corrected chi connectivity index (χ4v) is 4.59. The largest absolute Gasteiger partial charge is 0.462 e. The number of amides is 1. The molecule has 0 radical (unpaired) electrons. The van der Waals surface area contributed by atoms with Crippen molar-refractivity contribution in [3.63, 3.8) is 0 Å². The number of anilines is 1. The zero-order valence-corrected chi connectivity index (χ0v) is 16.2. The van der Waals surface area contributed by atoms with Crippen molar-refractivity contribution >= 4 is 40.0 Å². The van der Waals surface area contributed by atoms with Gasteiger partial charge in [0, 0.05) is 24.6 Å². The third-order valence-electron chi connectivity index (χ3n) is 3.70. The first-order valence-electron chi connectivity index (χ1n) is 8.38. The highest BCUT2D eigenvalue weighted by Crippen LogP contribution is 2.31. The van der Waals surface area contributed by atoms with E-state index >= 15 is 0 Å². The second kappa shape index (κ2) is 9.44. The summed E-state index contributed by atoms with van der Waals surface area (Å²) in [6.45, 7) is 8.59. The quantitative estimate of drug-likeness (QED) is 0.748. The summed E-state index contributed by atoms with van der Waals surface area (Å²) in [5, 5.41) is 5.49. The minimum Gasteiger partial charge on any atom is -0.462 e.